The van der Waals surface area contributed by atoms with Crippen LogP contribution in [0.3, 0.4) is 0 Å². The molecule has 0 aliphatic carbocycles. The van der Waals surface area contributed by atoms with E-state index in [9.17, 15) is 4.79 Å². The lowest BCUT2D eigenvalue weighted by atomic mass is 10.1. The van der Waals surface area contributed by atoms with Gasteiger partial charge in [-0.2, -0.15) is 5.48 Å². The number of hydrogen-bond donors (Lipinski definition) is 2. The maximum absolute atomic E-state index is 11.5. The second kappa shape index (κ2) is 8.74. The van der Waals surface area contributed by atoms with E-state index in [-0.39, 0.29) is 0 Å². The highest BCUT2D eigenvalue weighted by atomic mass is 16.6. The number of benzene rings is 1. The molecule has 0 radical (unpaired) electrons. The molecule has 0 spiro atoms. The Morgan fingerprint density at radius 2 is 2.05 bits per heavy atom. The predicted molar refractivity (Wildman–Crippen MR) is 79.5 cm³/mol. The van der Waals surface area contributed by atoms with Gasteiger partial charge in [-0.25, -0.2) is 0 Å². The second-order valence-corrected chi connectivity index (χ2v) is 5.07. The zero-order valence-corrected chi connectivity index (χ0v) is 12.2. The number of amides is 1. The van der Waals surface area contributed by atoms with Crippen LogP contribution in [0.15, 0.2) is 30.3 Å². The summed E-state index contributed by atoms with van der Waals surface area (Å²) in [5.74, 6) is -0.412. The molecular formula is C15H23N3O3. The molecule has 0 saturated carbocycles. The summed E-state index contributed by atoms with van der Waals surface area (Å²) in [6.45, 7) is 4.71. The molecule has 1 heterocycles. The molecule has 6 nitrogen and oxygen atoms in total. The van der Waals surface area contributed by atoms with Gasteiger partial charge in [0.25, 0.3) is 0 Å². The van der Waals surface area contributed by atoms with Gasteiger partial charge >= 0.3 is 0 Å². The maximum Gasteiger partial charge on any atom is 0.237 e. The van der Waals surface area contributed by atoms with Crippen LogP contribution in [0.25, 0.3) is 0 Å². The third kappa shape index (κ3) is 5.81. The molecule has 1 aliphatic rings. The van der Waals surface area contributed by atoms with E-state index in [0.717, 1.165) is 38.4 Å². The molecule has 2 rings (SSSR count). The molecule has 6 heteroatoms. The van der Waals surface area contributed by atoms with Gasteiger partial charge in [-0.1, -0.05) is 30.3 Å². The summed E-state index contributed by atoms with van der Waals surface area (Å²) in [6, 6.07) is 9.22. The quantitative estimate of drug-likeness (QED) is 0.518. The normalized spacial score (nSPS) is 17.5. The van der Waals surface area contributed by atoms with Crippen molar-refractivity contribution in [2.24, 2.45) is 5.73 Å². The molecule has 1 aliphatic heterocycles. The number of carbonyl (C=O) groups is 1. The molecule has 0 bridgehead atoms. The first-order chi connectivity index (χ1) is 10.3. The molecule has 1 amide bonds. The van der Waals surface area contributed by atoms with Gasteiger partial charge in [0, 0.05) is 19.6 Å². The Kier molecular flexibility index (Phi) is 6.62. The van der Waals surface area contributed by atoms with Crippen LogP contribution in [-0.4, -0.2) is 56.3 Å². The lowest BCUT2D eigenvalue weighted by molar-refractivity contribution is -0.124. The Labute approximate surface area is 125 Å². The number of carbonyl (C=O) groups excluding carboxylic acids is 1. The molecule has 1 unspecified atom stereocenters. The van der Waals surface area contributed by atoms with Crippen molar-refractivity contribution in [3.8, 4) is 0 Å². The van der Waals surface area contributed by atoms with E-state index < -0.39 is 11.9 Å². The van der Waals surface area contributed by atoms with Crippen LogP contribution in [0.4, 0.5) is 0 Å². The summed E-state index contributed by atoms with van der Waals surface area (Å²) in [5.41, 5.74) is 9.22. The Morgan fingerprint density at radius 3 is 2.71 bits per heavy atom. The minimum atomic E-state index is -0.517. The second-order valence-electron chi connectivity index (χ2n) is 5.07. The smallest absolute Gasteiger partial charge is 0.237 e. The summed E-state index contributed by atoms with van der Waals surface area (Å²) in [5, 5.41) is 0. The van der Waals surface area contributed by atoms with Crippen LogP contribution < -0.4 is 11.2 Å². The van der Waals surface area contributed by atoms with Crippen molar-refractivity contribution in [1.29, 1.82) is 0 Å². The van der Waals surface area contributed by atoms with Crippen molar-refractivity contribution >= 4 is 5.91 Å². The fourth-order valence-corrected chi connectivity index (χ4v) is 2.21. The van der Waals surface area contributed by atoms with Crippen molar-refractivity contribution in [2.45, 2.75) is 12.5 Å². The van der Waals surface area contributed by atoms with Gasteiger partial charge in [0.1, 0.15) is 6.04 Å². The average molecular weight is 293 g/mol. The summed E-state index contributed by atoms with van der Waals surface area (Å²) in [4.78, 5) is 19.1. The van der Waals surface area contributed by atoms with Crippen LogP contribution >= 0.6 is 0 Å². The number of ether oxygens (including phenoxy) is 1. The fraction of sp³-hybridized carbons (Fsp3) is 0.533. The lowest BCUT2D eigenvalue weighted by Crippen LogP contribution is -2.44. The molecule has 1 aromatic carbocycles. The van der Waals surface area contributed by atoms with Crippen LogP contribution in [0.2, 0.25) is 0 Å². The number of morpholine rings is 1. The van der Waals surface area contributed by atoms with Crippen LogP contribution in [0.5, 0.6) is 0 Å². The monoisotopic (exact) mass is 293 g/mol. The minimum absolute atomic E-state index is 0.412. The van der Waals surface area contributed by atoms with E-state index in [1.165, 1.54) is 0 Å². The Bertz CT molecular complexity index is 421. The zero-order chi connectivity index (χ0) is 14.9. The van der Waals surface area contributed by atoms with Crippen molar-refractivity contribution in [3.05, 3.63) is 35.9 Å². The molecule has 1 saturated heterocycles. The average Bonchev–Trinajstić information content (AvgIpc) is 2.52. The number of rotatable bonds is 8. The van der Waals surface area contributed by atoms with Gasteiger partial charge in [0.05, 0.1) is 19.8 Å². The first-order valence-corrected chi connectivity index (χ1v) is 7.26. The summed E-state index contributed by atoms with van der Waals surface area (Å²) in [6.07, 6.45) is 0.522. The summed E-state index contributed by atoms with van der Waals surface area (Å²) < 4.78 is 5.28. The predicted octanol–water partition coefficient (Wildman–Crippen LogP) is -0.0636. The number of nitrogens with zero attached hydrogens (tertiary/aromatic N) is 1. The highest BCUT2D eigenvalue weighted by Crippen LogP contribution is 2.03. The van der Waals surface area contributed by atoms with Crippen LogP contribution in [0.1, 0.15) is 5.56 Å². The van der Waals surface area contributed by atoms with Gasteiger partial charge in [-0.3, -0.25) is 14.5 Å². The SMILES string of the molecule is NC(=O)C(Cc1ccccc1)NOCCN1CCOCC1. The summed E-state index contributed by atoms with van der Waals surface area (Å²) >= 11 is 0. The zero-order valence-electron chi connectivity index (χ0n) is 12.2. The Hall–Kier alpha value is -1.47. The fourth-order valence-electron chi connectivity index (χ4n) is 2.21. The number of nitrogens with two attached hydrogens (primary N) is 1. The van der Waals surface area contributed by atoms with Gasteiger partial charge < -0.3 is 10.5 Å². The highest BCUT2D eigenvalue weighted by molar-refractivity contribution is 5.80. The van der Waals surface area contributed by atoms with E-state index in [0.29, 0.717) is 13.0 Å². The lowest BCUT2D eigenvalue weighted by Gasteiger charge is -2.26. The number of nitrogens with one attached hydrogen (secondary N) is 1. The highest BCUT2D eigenvalue weighted by Gasteiger charge is 2.16. The summed E-state index contributed by atoms with van der Waals surface area (Å²) in [7, 11) is 0. The first-order valence-electron chi connectivity index (χ1n) is 7.26. The Morgan fingerprint density at radius 1 is 1.33 bits per heavy atom. The van der Waals surface area contributed by atoms with E-state index in [4.69, 9.17) is 15.3 Å². The minimum Gasteiger partial charge on any atom is -0.379 e. The van der Waals surface area contributed by atoms with E-state index >= 15 is 0 Å². The van der Waals surface area contributed by atoms with E-state index in [1.54, 1.807) is 0 Å². The molecule has 1 atom stereocenters. The number of hydroxylamine groups is 1. The van der Waals surface area contributed by atoms with Crippen molar-refractivity contribution in [2.75, 3.05) is 39.5 Å². The molecule has 116 valence electrons. The topological polar surface area (TPSA) is 76.8 Å². The van der Waals surface area contributed by atoms with Crippen molar-refractivity contribution < 1.29 is 14.4 Å². The third-order valence-corrected chi connectivity index (χ3v) is 3.46. The van der Waals surface area contributed by atoms with Gasteiger partial charge in [-0.05, 0) is 12.0 Å². The molecular weight excluding hydrogens is 270 g/mol. The van der Waals surface area contributed by atoms with Gasteiger partial charge in [0.15, 0.2) is 0 Å². The molecule has 1 aromatic rings. The largest absolute Gasteiger partial charge is 0.379 e. The number of primary amides is 1. The Balaban J connectivity index is 1.69. The standard InChI is InChI=1S/C15H23N3O3/c16-15(19)14(12-13-4-2-1-3-5-13)17-21-11-8-18-6-9-20-10-7-18/h1-5,14,17H,6-12H2,(H2,16,19). The van der Waals surface area contributed by atoms with Crippen molar-refractivity contribution in [1.82, 2.24) is 10.4 Å². The van der Waals surface area contributed by atoms with Gasteiger partial charge in [0.2, 0.25) is 5.91 Å². The van der Waals surface area contributed by atoms with Gasteiger partial charge in [-0.15, -0.1) is 0 Å². The molecule has 1 fully saturated rings. The maximum atomic E-state index is 11.5. The molecule has 3 N–H and O–H groups in total. The number of hydrogen-bond acceptors (Lipinski definition) is 5. The van der Waals surface area contributed by atoms with E-state index in [2.05, 4.69) is 10.4 Å². The molecule has 21 heavy (non-hydrogen) atoms. The van der Waals surface area contributed by atoms with Crippen LogP contribution in [-0.2, 0) is 20.8 Å². The van der Waals surface area contributed by atoms with E-state index in [1.807, 2.05) is 30.3 Å². The first kappa shape index (κ1) is 15.9. The third-order valence-electron chi connectivity index (χ3n) is 3.46. The molecule has 0 aromatic heterocycles. The van der Waals surface area contributed by atoms with Crippen molar-refractivity contribution in [3.63, 3.8) is 0 Å². The van der Waals surface area contributed by atoms with Crippen LogP contribution in [0, 0.1) is 0 Å².